The number of nitrogens with zero attached hydrogens (tertiary/aromatic N) is 1. The minimum atomic E-state index is -0.163. The van der Waals surface area contributed by atoms with Crippen LogP contribution in [0.5, 0.6) is 5.75 Å². The summed E-state index contributed by atoms with van der Waals surface area (Å²) in [5.41, 5.74) is 4.32. The largest absolute Gasteiger partial charge is 0.494 e. The molecule has 0 saturated heterocycles. The van der Waals surface area contributed by atoms with Crippen LogP contribution in [0.2, 0.25) is 5.02 Å². The maximum Gasteiger partial charge on any atom is 0.210 e. The normalized spacial score (nSPS) is 16.4. The second-order valence-electron chi connectivity index (χ2n) is 6.70. The van der Waals surface area contributed by atoms with Gasteiger partial charge in [-0.1, -0.05) is 23.7 Å². The maximum absolute atomic E-state index is 11.7. The van der Waals surface area contributed by atoms with Crippen molar-refractivity contribution in [1.82, 2.24) is 9.88 Å². The Labute approximate surface area is 162 Å². The van der Waals surface area contributed by atoms with Crippen molar-refractivity contribution in [3.8, 4) is 5.75 Å². The number of fused-ring (bicyclic) bond motifs is 3. The number of amides is 1. The zero-order valence-corrected chi connectivity index (χ0v) is 15.6. The maximum atomic E-state index is 11.7. The number of H-pyrrole nitrogens is 1. The first-order valence-corrected chi connectivity index (χ1v) is 9.43. The molecular formula is C21H21ClN2O3. The smallest absolute Gasteiger partial charge is 0.210 e. The van der Waals surface area contributed by atoms with Crippen LogP contribution in [0.1, 0.15) is 29.3 Å². The van der Waals surface area contributed by atoms with Crippen LogP contribution in [0.25, 0.3) is 10.9 Å². The number of carbonyl (C=O) groups excluding carboxylic acids is 1. The van der Waals surface area contributed by atoms with Gasteiger partial charge in [-0.25, -0.2) is 0 Å². The molecule has 0 bridgehead atoms. The number of benzene rings is 2. The zero-order valence-electron chi connectivity index (χ0n) is 14.8. The van der Waals surface area contributed by atoms with E-state index in [1.807, 2.05) is 47.4 Å². The number of rotatable bonds is 6. The third-order valence-electron chi connectivity index (χ3n) is 5.03. The van der Waals surface area contributed by atoms with Crippen LogP contribution in [0.4, 0.5) is 0 Å². The van der Waals surface area contributed by atoms with E-state index in [0.717, 1.165) is 40.7 Å². The van der Waals surface area contributed by atoms with Gasteiger partial charge in [-0.15, -0.1) is 0 Å². The Bertz CT molecular complexity index is 952. The lowest BCUT2D eigenvalue weighted by molar-refractivity contribution is -0.120. The average Bonchev–Trinajstić information content (AvgIpc) is 3.06. The zero-order chi connectivity index (χ0) is 18.8. The minimum absolute atomic E-state index is 0.113. The molecule has 140 valence electrons. The van der Waals surface area contributed by atoms with Gasteiger partial charge in [0.2, 0.25) is 6.41 Å². The van der Waals surface area contributed by atoms with Gasteiger partial charge in [0.15, 0.2) is 0 Å². The summed E-state index contributed by atoms with van der Waals surface area (Å²) in [6, 6.07) is 13.5. The predicted octanol–water partition coefficient (Wildman–Crippen LogP) is 3.69. The molecule has 2 aromatic carbocycles. The van der Waals surface area contributed by atoms with E-state index in [4.69, 9.17) is 21.4 Å². The van der Waals surface area contributed by atoms with Crippen molar-refractivity contribution in [2.75, 3.05) is 19.8 Å². The molecule has 0 fully saturated rings. The first-order chi connectivity index (χ1) is 13.2. The second kappa shape index (κ2) is 7.62. The Balaban J connectivity index is 1.71. The molecule has 1 amide bonds. The molecule has 5 nitrogen and oxygen atoms in total. The third kappa shape index (κ3) is 3.40. The van der Waals surface area contributed by atoms with Gasteiger partial charge in [-0.05, 0) is 47.9 Å². The molecular weight excluding hydrogens is 364 g/mol. The molecule has 6 heteroatoms. The van der Waals surface area contributed by atoms with E-state index < -0.39 is 0 Å². The van der Waals surface area contributed by atoms with Crippen LogP contribution >= 0.6 is 11.6 Å². The topological polar surface area (TPSA) is 65.6 Å². The molecule has 1 aliphatic heterocycles. The molecule has 27 heavy (non-hydrogen) atoms. The molecule has 2 heterocycles. The van der Waals surface area contributed by atoms with Crippen LogP contribution in [0.3, 0.4) is 0 Å². The van der Waals surface area contributed by atoms with Crippen molar-refractivity contribution in [2.24, 2.45) is 0 Å². The lowest BCUT2D eigenvalue weighted by atomic mass is 9.93. The van der Waals surface area contributed by atoms with E-state index in [1.54, 1.807) is 0 Å². The number of aliphatic hydroxyl groups is 1. The molecule has 4 rings (SSSR count). The number of carbonyl (C=O) groups is 1. The Morgan fingerprint density at radius 1 is 1.26 bits per heavy atom. The van der Waals surface area contributed by atoms with Crippen LogP contribution in [0, 0.1) is 0 Å². The highest BCUT2D eigenvalue weighted by atomic mass is 35.5. The number of hydrogen-bond acceptors (Lipinski definition) is 3. The molecule has 0 saturated carbocycles. The van der Waals surface area contributed by atoms with Crippen LogP contribution in [-0.2, 0) is 11.2 Å². The Hall–Kier alpha value is -2.50. The average molecular weight is 385 g/mol. The fraction of sp³-hybridized carbons (Fsp3) is 0.286. The lowest BCUT2D eigenvalue weighted by Crippen LogP contribution is -2.34. The fourth-order valence-electron chi connectivity index (χ4n) is 3.75. The molecule has 2 N–H and O–H groups in total. The van der Waals surface area contributed by atoms with Crippen LogP contribution in [0.15, 0.2) is 42.5 Å². The van der Waals surface area contributed by atoms with E-state index in [-0.39, 0.29) is 12.6 Å². The summed E-state index contributed by atoms with van der Waals surface area (Å²) in [6.07, 6.45) is 2.31. The van der Waals surface area contributed by atoms with Crippen molar-refractivity contribution in [3.05, 3.63) is 64.3 Å². The summed E-state index contributed by atoms with van der Waals surface area (Å²) >= 11 is 6.19. The third-order valence-corrected chi connectivity index (χ3v) is 5.26. The number of aromatic nitrogens is 1. The number of nitrogens with one attached hydrogen (secondary N) is 1. The van der Waals surface area contributed by atoms with Gasteiger partial charge in [-0.2, -0.15) is 0 Å². The molecule has 3 aromatic rings. The van der Waals surface area contributed by atoms with E-state index in [2.05, 4.69) is 4.98 Å². The van der Waals surface area contributed by atoms with Crippen molar-refractivity contribution in [1.29, 1.82) is 0 Å². The van der Waals surface area contributed by atoms with Crippen LogP contribution < -0.4 is 4.74 Å². The van der Waals surface area contributed by atoms with E-state index >= 15 is 0 Å². The summed E-state index contributed by atoms with van der Waals surface area (Å²) in [5.74, 6) is 0.754. The van der Waals surface area contributed by atoms with E-state index in [1.165, 1.54) is 5.56 Å². The Morgan fingerprint density at radius 2 is 2.07 bits per heavy atom. The van der Waals surface area contributed by atoms with Crippen molar-refractivity contribution < 1.29 is 14.6 Å². The van der Waals surface area contributed by atoms with E-state index in [0.29, 0.717) is 24.6 Å². The molecule has 1 aromatic heterocycles. The standard InChI is InChI=1S/C21H21ClN2O3/c22-15-4-7-19-18(12-15)17-8-9-24(13-26)21(20(17)23-19)14-2-5-16(6-3-14)27-11-1-10-25/h2-7,12-13,21,23,25H,1,8-11H2. The molecule has 1 unspecified atom stereocenters. The van der Waals surface area contributed by atoms with Gasteiger partial charge in [0, 0.05) is 41.2 Å². The van der Waals surface area contributed by atoms with Crippen LogP contribution in [-0.4, -0.2) is 41.2 Å². The highest BCUT2D eigenvalue weighted by molar-refractivity contribution is 6.31. The van der Waals surface area contributed by atoms with Gasteiger partial charge in [0.1, 0.15) is 5.75 Å². The minimum Gasteiger partial charge on any atom is -0.494 e. The van der Waals surface area contributed by atoms with Gasteiger partial charge in [0.05, 0.1) is 12.6 Å². The Morgan fingerprint density at radius 3 is 2.81 bits per heavy atom. The van der Waals surface area contributed by atoms with Crippen molar-refractivity contribution in [3.63, 3.8) is 0 Å². The first-order valence-electron chi connectivity index (χ1n) is 9.06. The summed E-state index contributed by atoms with van der Waals surface area (Å²) in [4.78, 5) is 17.0. The van der Waals surface area contributed by atoms with E-state index in [9.17, 15) is 4.79 Å². The molecule has 0 radical (unpaired) electrons. The summed E-state index contributed by atoms with van der Waals surface area (Å²) < 4.78 is 5.61. The van der Waals surface area contributed by atoms with Gasteiger partial charge in [0.25, 0.3) is 0 Å². The number of hydrogen-bond donors (Lipinski definition) is 2. The highest BCUT2D eigenvalue weighted by Crippen LogP contribution is 2.38. The number of ether oxygens (including phenoxy) is 1. The van der Waals surface area contributed by atoms with Crippen molar-refractivity contribution in [2.45, 2.75) is 18.9 Å². The molecule has 0 aliphatic carbocycles. The summed E-state index contributed by atoms with van der Waals surface area (Å²) in [7, 11) is 0. The van der Waals surface area contributed by atoms with Gasteiger partial charge < -0.3 is 19.7 Å². The molecule has 0 spiro atoms. The number of aliphatic hydroxyl groups excluding tert-OH is 1. The second-order valence-corrected chi connectivity index (χ2v) is 7.13. The molecule has 1 atom stereocenters. The molecule has 1 aliphatic rings. The Kier molecular flexibility index (Phi) is 5.05. The van der Waals surface area contributed by atoms with Crippen molar-refractivity contribution >= 4 is 28.9 Å². The van der Waals surface area contributed by atoms with Gasteiger partial charge >= 0.3 is 0 Å². The number of halogens is 1. The predicted molar refractivity (Wildman–Crippen MR) is 105 cm³/mol. The van der Waals surface area contributed by atoms with Gasteiger partial charge in [-0.3, -0.25) is 4.79 Å². The SMILES string of the molecule is O=CN1CCc2c([nH]c3ccc(Cl)cc23)C1c1ccc(OCCCO)cc1. The summed E-state index contributed by atoms with van der Waals surface area (Å²) in [5, 5.41) is 10.7. The summed E-state index contributed by atoms with van der Waals surface area (Å²) in [6.45, 7) is 1.25. The number of aromatic amines is 1. The monoisotopic (exact) mass is 384 g/mol. The fourth-order valence-corrected chi connectivity index (χ4v) is 3.92. The highest BCUT2D eigenvalue weighted by Gasteiger charge is 2.30. The first kappa shape index (κ1) is 17.9. The quantitative estimate of drug-likeness (QED) is 0.503. The lowest BCUT2D eigenvalue weighted by Gasteiger charge is -2.33.